The van der Waals surface area contributed by atoms with Gasteiger partial charge in [-0.15, -0.1) is 0 Å². The number of carbonyl (C=O) groups excluding carboxylic acids is 7. The summed E-state index contributed by atoms with van der Waals surface area (Å²) in [5.74, 6) is -8.46. The number of ether oxygens (including phenoxy) is 9. The van der Waals surface area contributed by atoms with Gasteiger partial charge in [-0.25, -0.2) is 33.2 Å². The van der Waals surface area contributed by atoms with Crippen LogP contribution in [-0.4, -0.2) is 109 Å². The Morgan fingerprint density at radius 2 is 1.19 bits per heavy atom. The first-order valence-electron chi connectivity index (χ1n) is 22.3. The van der Waals surface area contributed by atoms with Crippen LogP contribution in [-0.2, 0) is 62.0 Å². The smallest absolute Gasteiger partial charge is 0.417 e. The Morgan fingerprint density at radius 3 is 1.69 bits per heavy atom. The van der Waals surface area contributed by atoms with Crippen LogP contribution in [0, 0.1) is 17.2 Å². The molecule has 0 bridgehead atoms. The summed E-state index contributed by atoms with van der Waals surface area (Å²) in [7, 11) is 2.70. The zero-order valence-corrected chi connectivity index (χ0v) is 39.9. The molecule has 1 aliphatic carbocycles. The molecule has 1 fully saturated rings. The van der Waals surface area contributed by atoms with Crippen molar-refractivity contribution >= 4 is 41.7 Å². The highest BCUT2D eigenvalue weighted by Crippen LogP contribution is 2.46. The monoisotopic (exact) mass is 953 g/mol. The number of amides is 1. The minimum absolute atomic E-state index is 0.0273. The van der Waals surface area contributed by atoms with Gasteiger partial charge in [-0.1, -0.05) is 58.4 Å². The largest absolute Gasteiger partial charge is 0.490 e. The van der Waals surface area contributed by atoms with Crippen LogP contribution < -0.4 is 19.5 Å². The van der Waals surface area contributed by atoms with E-state index in [2.05, 4.69) is 32.0 Å². The number of halogens is 1. The molecule has 1 N–H and O–H groups in total. The van der Waals surface area contributed by atoms with Gasteiger partial charge in [0.2, 0.25) is 5.91 Å². The molecule has 0 heterocycles. The van der Waals surface area contributed by atoms with E-state index in [1.54, 1.807) is 6.07 Å². The lowest BCUT2D eigenvalue weighted by Gasteiger charge is -2.32. The van der Waals surface area contributed by atoms with Crippen molar-refractivity contribution in [3.8, 4) is 28.4 Å². The molecule has 372 valence electrons. The molecule has 0 aliphatic heterocycles. The van der Waals surface area contributed by atoms with Crippen LogP contribution in [0.15, 0.2) is 66.8 Å². The minimum atomic E-state index is -1.82. The molecule has 3 rings (SSSR count). The second kappa shape index (κ2) is 28.1. The fourth-order valence-corrected chi connectivity index (χ4v) is 6.93. The van der Waals surface area contributed by atoms with Crippen molar-refractivity contribution in [2.45, 2.75) is 85.0 Å². The Balaban J connectivity index is 2.08. The maximum absolute atomic E-state index is 16.4. The molecule has 0 atom stereocenters. The van der Waals surface area contributed by atoms with Crippen LogP contribution in [0.4, 0.5) is 4.39 Å². The van der Waals surface area contributed by atoms with E-state index in [-0.39, 0.29) is 71.7 Å². The molecule has 1 amide bonds. The Hall–Kier alpha value is -6.40. The van der Waals surface area contributed by atoms with Gasteiger partial charge in [0.1, 0.15) is 44.5 Å². The summed E-state index contributed by atoms with van der Waals surface area (Å²) < 4.78 is 63.8. The number of hydrogen-bond donors (Lipinski definition) is 1. The highest BCUT2D eigenvalue weighted by Gasteiger charge is 2.38. The van der Waals surface area contributed by atoms with Gasteiger partial charge in [0.05, 0.1) is 18.6 Å². The van der Waals surface area contributed by atoms with E-state index < -0.39 is 85.1 Å². The van der Waals surface area contributed by atoms with Crippen molar-refractivity contribution in [3.05, 3.63) is 78.2 Å². The average Bonchev–Trinajstić information content (AvgIpc) is 3.31. The molecule has 0 saturated heterocycles. The number of hydrogen-bond acceptors (Lipinski definition) is 16. The number of nitrogens with one attached hydrogen (secondary N) is 1. The van der Waals surface area contributed by atoms with Gasteiger partial charge in [-0.05, 0) is 88.1 Å². The fraction of sp³-hybridized carbons (Fsp3) is 0.500. The molecule has 1 aliphatic rings. The van der Waals surface area contributed by atoms with Crippen molar-refractivity contribution < 1.29 is 80.6 Å². The number of methoxy groups -OCH3 is 2. The van der Waals surface area contributed by atoms with Crippen molar-refractivity contribution in [2.24, 2.45) is 11.3 Å². The lowest BCUT2D eigenvalue weighted by molar-refractivity contribution is -0.176. The number of carbonyl (C=O) groups is 7. The zero-order valence-electron chi connectivity index (χ0n) is 39.9. The molecule has 0 unspecified atom stereocenters. The summed E-state index contributed by atoms with van der Waals surface area (Å²) >= 11 is 0. The van der Waals surface area contributed by atoms with Crippen LogP contribution in [0.1, 0.15) is 90.5 Å². The predicted molar refractivity (Wildman–Crippen MR) is 245 cm³/mol. The van der Waals surface area contributed by atoms with Crippen molar-refractivity contribution in [3.63, 3.8) is 0 Å². The standard InChI is InChI=1S/C50H64FNO16/c1-10-11-12-13-34-14-16-35(17-15-34)37-25-42(68-45(55)33(6)7)38(26-41(37)67-44(54)32(4)5)36-18-19-40(39(51)24-36)64-28-50(27-52-43(53)31(2)3,29-65-48(58)46(56)62-22-20-60-8)30-66-49(59)47(57)63-23-21-61-9/h18-19,24-26,34-35H,2,4,6,10-17,20-23,27-30H2,1,3,5,7-9H3,(H,52,53). The first-order valence-corrected chi connectivity index (χ1v) is 22.3. The third kappa shape index (κ3) is 17.7. The summed E-state index contributed by atoms with van der Waals surface area (Å²) in [6.45, 7) is 14.1. The van der Waals surface area contributed by atoms with E-state index >= 15 is 4.39 Å². The molecule has 0 spiro atoms. The Morgan fingerprint density at radius 1 is 0.647 bits per heavy atom. The SMILES string of the molecule is C=C(C)C(=O)NCC(COC(=O)C(=O)OCCOC)(COC(=O)C(=O)OCCOC)COc1ccc(-c2cc(OC(=O)C(=C)C)c(C3CCC(CCCCC)CC3)cc2OC(=O)C(=C)C)cc1F. The Kier molecular flexibility index (Phi) is 23.1. The van der Waals surface area contributed by atoms with E-state index in [9.17, 15) is 33.6 Å². The number of esters is 6. The number of rotatable bonds is 26. The van der Waals surface area contributed by atoms with Gasteiger partial charge in [0.15, 0.2) is 11.6 Å². The highest BCUT2D eigenvalue weighted by atomic mass is 19.1. The fourth-order valence-electron chi connectivity index (χ4n) is 6.93. The number of unbranched alkanes of at least 4 members (excludes halogenated alkanes) is 2. The van der Waals surface area contributed by atoms with Gasteiger partial charge >= 0.3 is 35.8 Å². The van der Waals surface area contributed by atoms with E-state index in [1.165, 1.54) is 59.6 Å². The van der Waals surface area contributed by atoms with Crippen LogP contribution in [0.5, 0.6) is 17.2 Å². The lowest BCUT2D eigenvalue weighted by Crippen LogP contribution is -2.49. The summed E-state index contributed by atoms with van der Waals surface area (Å²) in [6.07, 6.45) is 8.13. The van der Waals surface area contributed by atoms with Gasteiger partial charge in [0, 0.05) is 48.6 Å². The maximum atomic E-state index is 16.4. The molecule has 2 aromatic carbocycles. The van der Waals surface area contributed by atoms with Crippen molar-refractivity contribution in [2.75, 3.05) is 67.0 Å². The molecule has 68 heavy (non-hydrogen) atoms. The van der Waals surface area contributed by atoms with Crippen LogP contribution in [0.2, 0.25) is 0 Å². The van der Waals surface area contributed by atoms with Crippen molar-refractivity contribution in [1.82, 2.24) is 5.32 Å². The normalized spacial score (nSPS) is 14.4. The summed E-state index contributed by atoms with van der Waals surface area (Å²) in [6, 6.07) is 6.90. The molecule has 0 aromatic heterocycles. The molecule has 2 aromatic rings. The quantitative estimate of drug-likeness (QED) is 0.0255. The third-order valence-corrected chi connectivity index (χ3v) is 10.9. The lowest BCUT2D eigenvalue weighted by atomic mass is 9.76. The van der Waals surface area contributed by atoms with Gasteiger partial charge in [-0.2, -0.15) is 0 Å². The molecule has 0 radical (unpaired) electrons. The molecule has 18 heteroatoms. The Labute approximate surface area is 396 Å². The van der Waals surface area contributed by atoms with Gasteiger partial charge < -0.3 is 47.9 Å². The molecule has 17 nitrogen and oxygen atoms in total. The zero-order chi connectivity index (χ0) is 50.4. The highest BCUT2D eigenvalue weighted by molar-refractivity contribution is 6.30. The average molecular weight is 954 g/mol. The van der Waals surface area contributed by atoms with Gasteiger partial charge in [0.25, 0.3) is 0 Å². The van der Waals surface area contributed by atoms with E-state index in [0.29, 0.717) is 11.5 Å². The van der Waals surface area contributed by atoms with Crippen LogP contribution >= 0.6 is 0 Å². The third-order valence-electron chi connectivity index (χ3n) is 10.9. The second-order valence-electron chi connectivity index (χ2n) is 16.7. The molecular weight excluding hydrogens is 890 g/mol. The summed E-state index contributed by atoms with van der Waals surface area (Å²) in [4.78, 5) is 89.0. The van der Waals surface area contributed by atoms with Crippen LogP contribution in [0.25, 0.3) is 11.1 Å². The minimum Gasteiger partial charge on any atom is -0.490 e. The predicted octanol–water partition coefficient (Wildman–Crippen LogP) is 6.83. The second-order valence-corrected chi connectivity index (χ2v) is 16.7. The Bertz CT molecular complexity index is 2120. The molecule has 1 saturated carbocycles. The van der Waals surface area contributed by atoms with Gasteiger partial charge in [-0.3, -0.25) is 4.79 Å². The summed E-state index contributed by atoms with van der Waals surface area (Å²) in [5.41, 5.74) is -0.532. The summed E-state index contributed by atoms with van der Waals surface area (Å²) in [5, 5.41) is 2.54. The van der Waals surface area contributed by atoms with Crippen molar-refractivity contribution in [1.29, 1.82) is 0 Å². The van der Waals surface area contributed by atoms with E-state index in [4.69, 9.17) is 42.6 Å². The van der Waals surface area contributed by atoms with E-state index in [1.807, 2.05) is 0 Å². The first-order chi connectivity index (χ1) is 32.3. The maximum Gasteiger partial charge on any atom is 0.417 e. The topological polar surface area (TPSA) is 215 Å². The van der Waals surface area contributed by atoms with E-state index in [0.717, 1.165) is 51.0 Å². The number of benzene rings is 2. The first kappa shape index (κ1) is 55.9. The van der Waals surface area contributed by atoms with Crippen LogP contribution in [0.3, 0.4) is 0 Å². The molecular formula is C50H64FNO16.